The van der Waals surface area contributed by atoms with Gasteiger partial charge in [0.05, 0.1) is 45.6 Å². The van der Waals surface area contributed by atoms with Crippen molar-refractivity contribution in [2.75, 3.05) is 27.5 Å². The van der Waals surface area contributed by atoms with Gasteiger partial charge in [0.2, 0.25) is 5.91 Å². The molecule has 0 aromatic heterocycles. The molecule has 2 aromatic rings. The largest absolute Gasteiger partial charge is 0.416 e. The minimum absolute atomic E-state index is 0.00987. The van der Waals surface area contributed by atoms with Crippen LogP contribution in [-0.2, 0) is 20.8 Å². The van der Waals surface area contributed by atoms with Crippen LogP contribution in [0, 0.1) is 0 Å². The third-order valence-corrected chi connectivity index (χ3v) is 8.61. The molecule has 4 rings (SSSR count). The van der Waals surface area contributed by atoms with E-state index in [1.807, 2.05) is 0 Å². The van der Waals surface area contributed by atoms with Crippen LogP contribution in [0.5, 0.6) is 0 Å². The van der Waals surface area contributed by atoms with Gasteiger partial charge in [-0.15, -0.1) is 0 Å². The lowest BCUT2D eigenvalue weighted by atomic mass is 10.1. The van der Waals surface area contributed by atoms with Gasteiger partial charge in [-0.25, -0.2) is 8.42 Å². The number of rotatable bonds is 4. The van der Waals surface area contributed by atoms with E-state index in [1.54, 1.807) is 24.3 Å². The van der Waals surface area contributed by atoms with Crippen molar-refractivity contribution in [3.63, 3.8) is 0 Å². The minimum atomic E-state index is -4.60. The van der Waals surface area contributed by atoms with Crippen LogP contribution >= 0.6 is 39.3 Å². The van der Waals surface area contributed by atoms with Gasteiger partial charge in [0.1, 0.15) is 0 Å². The number of fused-ring (bicyclic) bond motifs is 1. The molecule has 0 bridgehead atoms. The van der Waals surface area contributed by atoms with Gasteiger partial charge in [0.25, 0.3) is 0 Å². The zero-order chi connectivity index (χ0) is 24.0. The molecular weight excluding hydrogens is 567 g/mol. The van der Waals surface area contributed by atoms with Crippen LogP contribution in [-0.4, -0.2) is 48.8 Å². The lowest BCUT2D eigenvalue weighted by Gasteiger charge is -2.28. The molecule has 0 unspecified atom stereocenters. The molecule has 1 fully saturated rings. The van der Waals surface area contributed by atoms with Crippen LogP contribution in [0.2, 0.25) is 5.02 Å². The van der Waals surface area contributed by atoms with Crippen LogP contribution in [0.4, 0.5) is 24.5 Å². The monoisotopic (exact) mass is 581 g/mol. The van der Waals surface area contributed by atoms with Crippen molar-refractivity contribution in [2.24, 2.45) is 4.99 Å². The quantitative estimate of drug-likeness (QED) is 0.559. The fraction of sp³-hybridized carbons (Fsp3) is 0.300. The first-order valence-corrected chi connectivity index (χ1v) is 13.5. The molecule has 2 aliphatic heterocycles. The van der Waals surface area contributed by atoms with Gasteiger partial charge >= 0.3 is 6.18 Å². The third-order valence-electron chi connectivity index (χ3n) is 5.10. The highest BCUT2D eigenvalue weighted by Gasteiger charge is 2.48. The summed E-state index contributed by atoms with van der Waals surface area (Å²) in [7, 11) is -3.40. The van der Waals surface area contributed by atoms with E-state index in [0.29, 0.717) is 5.69 Å². The highest BCUT2D eigenvalue weighted by atomic mass is 79.9. The highest BCUT2D eigenvalue weighted by Crippen LogP contribution is 2.41. The molecule has 1 amide bonds. The summed E-state index contributed by atoms with van der Waals surface area (Å²) >= 11 is 10.6. The van der Waals surface area contributed by atoms with Crippen molar-refractivity contribution in [3.05, 3.63) is 57.5 Å². The van der Waals surface area contributed by atoms with E-state index in [4.69, 9.17) is 11.6 Å². The number of amidine groups is 1. The standard InChI is InChI=1S/C20H16BrClF3N3O3S2/c21-12-2-4-13(5-3-12)26-18(29)8-32-19-27-15-9-33(30,31)10-17(15)28(19)16-7-11(20(23,24)25)1-6-14(16)22/h1-7,15,17H,8-10H2,(H,26,29)/t15-,17+/m0/s1. The second-order valence-corrected chi connectivity index (χ2v) is 11.9. The number of alkyl halides is 3. The lowest BCUT2D eigenvalue weighted by molar-refractivity contribution is -0.137. The Morgan fingerprint density at radius 3 is 2.58 bits per heavy atom. The average Bonchev–Trinajstić information content (AvgIpc) is 3.19. The highest BCUT2D eigenvalue weighted by molar-refractivity contribution is 9.10. The molecule has 1 N–H and O–H groups in total. The zero-order valence-corrected chi connectivity index (χ0v) is 20.6. The van der Waals surface area contributed by atoms with Crippen molar-refractivity contribution < 1.29 is 26.4 Å². The van der Waals surface area contributed by atoms with Gasteiger partial charge < -0.3 is 10.2 Å². The van der Waals surface area contributed by atoms with Gasteiger partial charge in [-0.05, 0) is 42.5 Å². The molecule has 2 aromatic carbocycles. The van der Waals surface area contributed by atoms with Crippen molar-refractivity contribution in [1.29, 1.82) is 0 Å². The predicted molar refractivity (Wildman–Crippen MR) is 128 cm³/mol. The van der Waals surface area contributed by atoms with Crippen molar-refractivity contribution in [1.82, 2.24) is 0 Å². The van der Waals surface area contributed by atoms with E-state index in [9.17, 15) is 26.4 Å². The van der Waals surface area contributed by atoms with Crippen LogP contribution in [0.15, 0.2) is 51.9 Å². The van der Waals surface area contributed by atoms with Crippen molar-refractivity contribution >= 4 is 71.6 Å². The van der Waals surface area contributed by atoms with Crippen LogP contribution in [0.3, 0.4) is 0 Å². The average molecular weight is 583 g/mol. The number of amides is 1. The zero-order valence-electron chi connectivity index (χ0n) is 16.6. The summed E-state index contributed by atoms with van der Waals surface area (Å²) in [6, 6.07) is 8.50. The number of nitrogens with one attached hydrogen (secondary N) is 1. The van der Waals surface area contributed by atoms with Crippen LogP contribution < -0.4 is 10.2 Å². The Kier molecular flexibility index (Phi) is 6.74. The fourth-order valence-corrected chi connectivity index (χ4v) is 6.88. The molecule has 6 nitrogen and oxygen atoms in total. The first-order valence-electron chi connectivity index (χ1n) is 9.55. The molecule has 0 aliphatic carbocycles. The number of aliphatic imine (C=N–C) groups is 1. The summed E-state index contributed by atoms with van der Waals surface area (Å²) in [4.78, 5) is 18.3. The van der Waals surface area contributed by atoms with E-state index in [1.165, 1.54) is 4.90 Å². The number of carbonyl (C=O) groups excluding carboxylic acids is 1. The maximum absolute atomic E-state index is 13.3. The summed E-state index contributed by atoms with van der Waals surface area (Å²) in [5.41, 5.74) is -0.322. The smallest absolute Gasteiger partial charge is 0.325 e. The molecule has 0 radical (unpaired) electrons. The number of benzene rings is 2. The number of hydrogen-bond donors (Lipinski definition) is 1. The second-order valence-electron chi connectivity index (χ2n) is 7.50. The Balaban J connectivity index is 1.58. The Morgan fingerprint density at radius 2 is 1.91 bits per heavy atom. The summed E-state index contributed by atoms with van der Waals surface area (Å²) in [6.45, 7) is 0. The molecule has 2 heterocycles. The Labute approximate surface area is 205 Å². The summed E-state index contributed by atoms with van der Waals surface area (Å²) in [5, 5.41) is 3.01. The second kappa shape index (κ2) is 9.12. The molecule has 2 aliphatic rings. The predicted octanol–water partition coefficient (Wildman–Crippen LogP) is 4.83. The number of nitrogens with zero attached hydrogens (tertiary/aromatic N) is 2. The van der Waals surface area contributed by atoms with E-state index in [-0.39, 0.29) is 39.0 Å². The van der Waals surface area contributed by atoms with Crippen molar-refractivity contribution in [3.8, 4) is 0 Å². The van der Waals surface area contributed by atoms with Crippen LogP contribution in [0.1, 0.15) is 5.56 Å². The Morgan fingerprint density at radius 1 is 1.21 bits per heavy atom. The fourth-order valence-electron chi connectivity index (χ4n) is 3.65. The molecule has 33 heavy (non-hydrogen) atoms. The molecule has 2 atom stereocenters. The van der Waals surface area contributed by atoms with E-state index in [2.05, 4.69) is 26.2 Å². The third kappa shape index (κ3) is 5.50. The first-order chi connectivity index (χ1) is 15.4. The number of anilines is 2. The number of carbonyl (C=O) groups is 1. The minimum Gasteiger partial charge on any atom is -0.325 e. The lowest BCUT2D eigenvalue weighted by Crippen LogP contribution is -2.39. The Hall–Kier alpha value is -1.76. The molecule has 0 saturated carbocycles. The van der Waals surface area contributed by atoms with Crippen LogP contribution in [0.25, 0.3) is 0 Å². The molecule has 0 spiro atoms. The Bertz CT molecular complexity index is 1220. The maximum atomic E-state index is 13.3. The summed E-state index contributed by atoms with van der Waals surface area (Å²) in [6.07, 6.45) is -4.60. The van der Waals surface area contributed by atoms with E-state index >= 15 is 0 Å². The number of thioether (sulfide) groups is 1. The summed E-state index contributed by atoms with van der Waals surface area (Å²) < 4.78 is 65.1. The van der Waals surface area contributed by atoms with E-state index < -0.39 is 33.7 Å². The normalized spacial score (nSPS) is 21.6. The van der Waals surface area contributed by atoms with Gasteiger partial charge in [-0.3, -0.25) is 9.79 Å². The molecule has 13 heteroatoms. The molecule has 1 saturated heterocycles. The first kappa shape index (κ1) is 24.4. The van der Waals surface area contributed by atoms with Gasteiger partial charge in [0, 0.05) is 10.2 Å². The van der Waals surface area contributed by atoms with Gasteiger partial charge in [-0.2, -0.15) is 13.2 Å². The van der Waals surface area contributed by atoms with Gasteiger partial charge in [0.15, 0.2) is 15.0 Å². The number of halogens is 5. The maximum Gasteiger partial charge on any atom is 0.416 e. The van der Waals surface area contributed by atoms with Crippen molar-refractivity contribution in [2.45, 2.75) is 18.3 Å². The topological polar surface area (TPSA) is 78.8 Å². The summed E-state index contributed by atoms with van der Waals surface area (Å²) in [5.74, 6) is -0.887. The number of sulfone groups is 1. The van der Waals surface area contributed by atoms with Gasteiger partial charge in [-0.1, -0.05) is 39.3 Å². The van der Waals surface area contributed by atoms with E-state index in [0.717, 1.165) is 34.4 Å². The molecule has 176 valence electrons. The SMILES string of the molecule is O=C(CSC1=N[C@H]2CS(=O)(=O)C[C@H]2N1c1cc(C(F)(F)F)ccc1Cl)Nc1ccc(Br)cc1. The number of hydrogen-bond acceptors (Lipinski definition) is 6. The molecular formula is C20H16BrClF3N3O3S2.